The van der Waals surface area contributed by atoms with Gasteiger partial charge in [0, 0.05) is 16.8 Å². The number of alkyl halides is 3. The van der Waals surface area contributed by atoms with Crippen molar-refractivity contribution >= 4 is 11.5 Å². The first-order valence-electron chi connectivity index (χ1n) is 6.03. The molecule has 2 rings (SSSR count). The van der Waals surface area contributed by atoms with Crippen molar-refractivity contribution in [2.24, 2.45) is 0 Å². The molecule has 0 aliphatic heterocycles. The van der Waals surface area contributed by atoms with Crippen LogP contribution in [0.4, 0.5) is 18.9 Å². The molecular formula is C15H12F3NO2. The number of carbonyl (C=O) groups excluding carboxylic acids is 1. The molecule has 0 aliphatic rings. The number of hydrogen-bond donors (Lipinski definition) is 1. The normalized spacial score (nSPS) is 11.2. The monoisotopic (exact) mass is 295 g/mol. The molecule has 0 spiro atoms. The van der Waals surface area contributed by atoms with Crippen LogP contribution in [0.1, 0.15) is 21.5 Å². The zero-order chi connectivity index (χ0) is 15.6. The van der Waals surface area contributed by atoms with E-state index in [0.717, 1.165) is 12.1 Å². The molecule has 0 fully saturated rings. The average Bonchev–Trinajstić information content (AvgIpc) is 2.37. The molecule has 0 saturated heterocycles. The van der Waals surface area contributed by atoms with Gasteiger partial charge in [-0.15, -0.1) is 13.2 Å². The Morgan fingerprint density at radius 3 is 2.24 bits per heavy atom. The third-order valence-corrected chi connectivity index (χ3v) is 2.85. The second-order valence-electron chi connectivity index (χ2n) is 4.48. The zero-order valence-electron chi connectivity index (χ0n) is 11.1. The molecule has 0 bridgehead atoms. The van der Waals surface area contributed by atoms with Crippen molar-refractivity contribution in [3.63, 3.8) is 0 Å². The molecule has 2 aromatic rings. The van der Waals surface area contributed by atoms with Crippen molar-refractivity contribution in [3.8, 4) is 5.75 Å². The molecule has 2 N–H and O–H groups in total. The third kappa shape index (κ3) is 3.75. The van der Waals surface area contributed by atoms with Gasteiger partial charge in [-0.3, -0.25) is 4.79 Å². The Balaban J connectivity index is 2.24. The van der Waals surface area contributed by atoms with Gasteiger partial charge in [-0.2, -0.15) is 0 Å². The van der Waals surface area contributed by atoms with Crippen LogP contribution in [0.25, 0.3) is 0 Å². The topological polar surface area (TPSA) is 52.3 Å². The van der Waals surface area contributed by atoms with Crippen LogP contribution in [-0.2, 0) is 0 Å². The fraction of sp³-hybridized carbons (Fsp3) is 0.133. The number of aryl methyl sites for hydroxylation is 1. The van der Waals surface area contributed by atoms with Crippen molar-refractivity contribution in [2.45, 2.75) is 13.3 Å². The molecule has 3 nitrogen and oxygen atoms in total. The Bertz CT molecular complexity index is 664. The summed E-state index contributed by atoms with van der Waals surface area (Å²) < 4.78 is 39.9. The van der Waals surface area contributed by atoms with Crippen LogP contribution in [0.3, 0.4) is 0 Å². The minimum Gasteiger partial charge on any atom is -0.406 e. The maximum atomic E-state index is 12.3. The number of anilines is 1. The fourth-order valence-electron chi connectivity index (χ4n) is 1.91. The van der Waals surface area contributed by atoms with Crippen LogP contribution in [0.5, 0.6) is 5.75 Å². The Labute approximate surface area is 119 Å². The van der Waals surface area contributed by atoms with Crippen molar-refractivity contribution in [1.29, 1.82) is 0 Å². The Hall–Kier alpha value is -2.50. The predicted octanol–water partition coefficient (Wildman–Crippen LogP) is 3.71. The van der Waals surface area contributed by atoms with E-state index in [9.17, 15) is 18.0 Å². The Morgan fingerprint density at radius 2 is 1.71 bits per heavy atom. The van der Waals surface area contributed by atoms with Gasteiger partial charge in [0.05, 0.1) is 0 Å². The summed E-state index contributed by atoms with van der Waals surface area (Å²) in [5.74, 6) is -0.654. The fourth-order valence-corrected chi connectivity index (χ4v) is 1.91. The maximum absolute atomic E-state index is 12.3. The number of ketones is 1. The van der Waals surface area contributed by atoms with Gasteiger partial charge >= 0.3 is 6.36 Å². The standard InChI is InChI=1S/C15H12F3NO2/c1-9-8-11(19)4-7-13(9)14(20)10-2-5-12(6-3-10)21-15(16,17)18/h2-8H,19H2,1H3. The smallest absolute Gasteiger partial charge is 0.406 e. The summed E-state index contributed by atoms with van der Waals surface area (Å²) in [5, 5.41) is 0. The van der Waals surface area contributed by atoms with Crippen LogP contribution in [0.15, 0.2) is 42.5 Å². The minimum absolute atomic E-state index is 0.275. The van der Waals surface area contributed by atoms with Gasteiger partial charge in [0.2, 0.25) is 0 Å². The van der Waals surface area contributed by atoms with E-state index in [1.165, 1.54) is 12.1 Å². The quantitative estimate of drug-likeness (QED) is 0.693. The van der Waals surface area contributed by atoms with Crippen molar-refractivity contribution in [2.75, 3.05) is 5.73 Å². The first kappa shape index (κ1) is 14.9. The number of nitrogens with two attached hydrogens (primary N) is 1. The van der Waals surface area contributed by atoms with Crippen molar-refractivity contribution in [3.05, 3.63) is 59.2 Å². The molecule has 0 unspecified atom stereocenters. The van der Waals surface area contributed by atoms with E-state index in [1.807, 2.05) is 0 Å². The van der Waals surface area contributed by atoms with Gasteiger partial charge in [0.25, 0.3) is 0 Å². The van der Waals surface area contributed by atoms with Crippen molar-refractivity contribution in [1.82, 2.24) is 0 Å². The lowest BCUT2D eigenvalue weighted by Crippen LogP contribution is -2.17. The molecular weight excluding hydrogens is 283 g/mol. The number of rotatable bonds is 3. The Kier molecular flexibility index (Phi) is 3.88. The summed E-state index contributed by atoms with van der Waals surface area (Å²) in [6.45, 7) is 1.74. The molecule has 6 heteroatoms. The summed E-state index contributed by atoms with van der Waals surface area (Å²) >= 11 is 0. The number of ether oxygens (including phenoxy) is 1. The number of halogens is 3. The molecule has 2 aromatic carbocycles. The van der Waals surface area contributed by atoms with E-state index in [0.29, 0.717) is 16.8 Å². The molecule has 110 valence electrons. The summed E-state index contributed by atoms with van der Waals surface area (Å²) in [4.78, 5) is 12.3. The summed E-state index contributed by atoms with van der Waals surface area (Å²) in [7, 11) is 0. The van der Waals surface area contributed by atoms with Gasteiger partial charge in [0.1, 0.15) is 5.75 Å². The molecule has 0 saturated carbocycles. The van der Waals surface area contributed by atoms with Crippen molar-refractivity contribution < 1.29 is 22.7 Å². The number of benzene rings is 2. The lowest BCUT2D eigenvalue weighted by Gasteiger charge is -2.10. The summed E-state index contributed by atoms with van der Waals surface area (Å²) in [5.41, 5.74) is 7.58. The van der Waals surface area contributed by atoms with Gasteiger partial charge in [-0.1, -0.05) is 0 Å². The predicted molar refractivity (Wildman–Crippen MR) is 72.1 cm³/mol. The minimum atomic E-state index is -4.75. The van der Waals surface area contributed by atoms with E-state index in [4.69, 9.17) is 5.73 Å². The molecule has 0 radical (unpaired) electrons. The highest BCUT2D eigenvalue weighted by Gasteiger charge is 2.31. The van der Waals surface area contributed by atoms with Crippen LogP contribution in [-0.4, -0.2) is 12.1 Å². The number of hydrogen-bond acceptors (Lipinski definition) is 3. The van der Waals surface area contributed by atoms with Gasteiger partial charge < -0.3 is 10.5 Å². The number of carbonyl (C=O) groups is 1. The van der Waals surface area contributed by atoms with E-state index in [-0.39, 0.29) is 17.1 Å². The highest BCUT2D eigenvalue weighted by molar-refractivity contribution is 6.10. The Morgan fingerprint density at radius 1 is 1.10 bits per heavy atom. The van der Waals surface area contributed by atoms with Crippen LogP contribution >= 0.6 is 0 Å². The van der Waals surface area contributed by atoms with Gasteiger partial charge in [-0.05, 0) is 55.0 Å². The second kappa shape index (κ2) is 5.47. The van der Waals surface area contributed by atoms with E-state index >= 15 is 0 Å². The third-order valence-electron chi connectivity index (χ3n) is 2.85. The lowest BCUT2D eigenvalue weighted by atomic mass is 9.98. The van der Waals surface area contributed by atoms with Crippen LogP contribution < -0.4 is 10.5 Å². The molecule has 21 heavy (non-hydrogen) atoms. The molecule has 0 amide bonds. The largest absolute Gasteiger partial charge is 0.573 e. The van der Waals surface area contributed by atoms with E-state index < -0.39 is 6.36 Å². The van der Waals surface area contributed by atoms with Crippen LogP contribution in [0.2, 0.25) is 0 Å². The maximum Gasteiger partial charge on any atom is 0.573 e. The molecule has 0 atom stereocenters. The second-order valence-corrected chi connectivity index (χ2v) is 4.48. The molecule has 0 aromatic heterocycles. The summed E-state index contributed by atoms with van der Waals surface area (Å²) in [6, 6.07) is 9.64. The zero-order valence-corrected chi connectivity index (χ0v) is 11.1. The lowest BCUT2D eigenvalue weighted by molar-refractivity contribution is -0.274. The molecule has 0 aliphatic carbocycles. The van der Waals surface area contributed by atoms with Gasteiger partial charge in [-0.25, -0.2) is 0 Å². The highest BCUT2D eigenvalue weighted by atomic mass is 19.4. The van der Waals surface area contributed by atoms with Crippen LogP contribution in [0, 0.1) is 6.92 Å². The highest BCUT2D eigenvalue weighted by Crippen LogP contribution is 2.24. The first-order chi connectivity index (χ1) is 9.76. The van der Waals surface area contributed by atoms with E-state index in [1.54, 1.807) is 25.1 Å². The molecule has 0 heterocycles. The SMILES string of the molecule is Cc1cc(N)ccc1C(=O)c1ccc(OC(F)(F)F)cc1. The average molecular weight is 295 g/mol. The first-order valence-corrected chi connectivity index (χ1v) is 6.03. The summed E-state index contributed by atoms with van der Waals surface area (Å²) in [6.07, 6.45) is -4.75. The van der Waals surface area contributed by atoms with E-state index in [2.05, 4.69) is 4.74 Å². The van der Waals surface area contributed by atoms with Gasteiger partial charge in [0.15, 0.2) is 5.78 Å². The number of nitrogen functional groups attached to an aromatic ring is 1.